The highest BCUT2D eigenvalue weighted by atomic mass is 28.3. The van der Waals surface area contributed by atoms with Crippen molar-refractivity contribution < 1.29 is 4.39 Å². The Morgan fingerprint density at radius 2 is 1.80 bits per heavy atom. The molecule has 0 atom stereocenters. The van der Waals surface area contributed by atoms with Crippen LogP contribution in [0.2, 0.25) is 18.1 Å². The third-order valence-corrected chi connectivity index (χ3v) is 7.63. The molecular weight excluding hydrogens is 263 g/mol. The zero-order chi connectivity index (χ0) is 14.4. The largest absolute Gasteiger partial charge is 0.207 e. The molecule has 0 aromatic heterocycles. The lowest BCUT2D eigenvalue weighted by molar-refractivity contribution is 0.436. The lowest BCUT2D eigenvalue weighted by Gasteiger charge is -2.27. The van der Waals surface area contributed by atoms with Crippen LogP contribution in [-0.4, -0.2) is 8.80 Å². The maximum Gasteiger partial charge on any atom is 0.123 e. The van der Waals surface area contributed by atoms with E-state index in [0.717, 1.165) is 18.3 Å². The predicted molar refractivity (Wildman–Crippen MR) is 87.1 cm³/mol. The van der Waals surface area contributed by atoms with E-state index in [-0.39, 0.29) is 14.6 Å². The molecule has 1 aromatic rings. The van der Waals surface area contributed by atoms with Crippen LogP contribution < -0.4 is 0 Å². The molecule has 1 saturated heterocycles. The molecule has 1 aromatic carbocycles. The van der Waals surface area contributed by atoms with Gasteiger partial charge in [0.05, 0.1) is 0 Å². The molecule has 0 nitrogen and oxygen atoms in total. The topological polar surface area (TPSA) is 0 Å². The first kappa shape index (κ1) is 15.8. The Morgan fingerprint density at radius 3 is 2.40 bits per heavy atom. The van der Waals surface area contributed by atoms with Crippen molar-refractivity contribution in [3.05, 3.63) is 35.6 Å². The molecule has 0 amide bonds. The smallest absolute Gasteiger partial charge is 0.123 e. The average Bonchev–Trinajstić information content (AvgIpc) is 2.45. The zero-order valence-electron chi connectivity index (χ0n) is 13.0. The van der Waals surface area contributed by atoms with Gasteiger partial charge in [0.2, 0.25) is 0 Å². The first-order valence-electron chi connectivity index (χ1n) is 8.21. The van der Waals surface area contributed by atoms with Gasteiger partial charge in [-0.2, -0.15) is 0 Å². The molecule has 0 unspecified atom stereocenters. The molecule has 2 heteroatoms. The first-order chi connectivity index (χ1) is 9.63. The molecule has 1 aliphatic heterocycles. The van der Waals surface area contributed by atoms with Crippen LogP contribution in [-0.2, 0) is 6.42 Å². The van der Waals surface area contributed by atoms with E-state index in [2.05, 4.69) is 13.8 Å². The summed E-state index contributed by atoms with van der Waals surface area (Å²) < 4.78 is 12.9. The van der Waals surface area contributed by atoms with E-state index in [4.69, 9.17) is 0 Å². The summed E-state index contributed by atoms with van der Waals surface area (Å²) in [4.78, 5) is 0. The minimum absolute atomic E-state index is 0.0128. The Bertz CT molecular complexity index is 377. The van der Waals surface area contributed by atoms with E-state index in [1.165, 1.54) is 49.4 Å². The standard InChI is InChI=1S/C18H28FSi/c1-15(2)9-12-20-13-10-17(11-14-20)4-3-16-5-7-18(19)8-6-16/h5-8,15,17H,3-4,9-14H2,1-2H3. The molecule has 0 bridgehead atoms. The SMILES string of the molecule is CC(C)CC[Si]1CCC(CCc2ccc(F)cc2)CC1. The highest BCUT2D eigenvalue weighted by Crippen LogP contribution is 2.31. The van der Waals surface area contributed by atoms with Gasteiger partial charge in [-0.15, -0.1) is 0 Å². The molecule has 1 heterocycles. The van der Waals surface area contributed by atoms with Gasteiger partial charge in [-0.1, -0.05) is 63.4 Å². The van der Waals surface area contributed by atoms with Gasteiger partial charge in [0.1, 0.15) is 5.82 Å². The Kier molecular flexibility index (Phi) is 6.27. The summed E-state index contributed by atoms with van der Waals surface area (Å²) in [5.41, 5.74) is 1.29. The number of benzene rings is 1. The van der Waals surface area contributed by atoms with Crippen molar-refractivity contribution in [1.29, 1.82) is 0 Å². The van der Waals surface area contributed by atoms with Gasteiger partial charge < -0.3 is 0 Å². The van der Waals surface area contributed by atoms with Gasteiger partial charge in [-0.25, -0.2) is 4.39 Å². The van der Waals surface area contributed by atoms with Crippen molar-refractivity contribution in [3.8, 4) is 0 Å². The summed E-state index contributed by atoms with van der Waals surface area (Å²) in [6.45, 7) is 4.69. The fourth-order valence-corrected chi connectivity index (χ4v) is 6.51. The summed E-state index contributed by atoms with van der Waals surface area (Å²) in [5, 5.41) is 0. The second-order valence-corrected chi connectivity index (χ2v) is 9.79. The summed E-state index contributed by atoms with van der Waals surface area (Å²) in [5.74, 6) is 1.68. The average molecular weight is 292 g/mol. The molecule has 1 radical (unpaired) electrons. The fraction of sp³-hybridized carbons (Fsp3) is 0.667. The van der Waals surface area contributed by atoms with Crippen molar-refractivity contribution in [1.82, 2.24) is 0 Å². The number of hydrogen-bond acceptors (Lipinski definition) is 0. The monoisotopic (exact) mass is 291 g/mol. The molecule has 111 valence electrons. The molecule has 1 aliphatic rings. The van der Waals surface area contributed by atoms with E-state index in [1.807, 2.05) is 12.1 Å². The minimum Gasteiger partial charge on any atom is -0.207 e. The van der Waals surface area contributed by atoms with Crippen LogP contribution in [0, 0.1) is 17.7 Å². The van der Waals surface area contributed by atoms with E-state index >= 15 is 0 Å². The van der Waals surface area contributed by atoms with Crippen LogP contribution in [0.1, 0.15) is 45.1 Å². The van der Waals surface area contributed by atoms with Crippen LogP contribution in [0.4, 0.5) is 4.39 Å². The highest BCUT2D eigenvalue weighted by Gasteiger charge is 2.22. The van der Waals surface area contributed by atoms with Crippen molar-refractivity contribution >= 4 is 8.80 Å². The van der Waals surface area contributed by atoms with E-state index in [0.29, 0.717) is 0 Å². The maximum absolute atomic E-state index is 12.9. The molecule has 0 spiro atoms. The second-order valence-electron chi connectivity index (χ2n) is 6.79. The second kappa shape index (κ2) is 7.97. The molecule has 20 heavy (non-hydrogen) atoms. The van der Waals surface area contributed by atoms with E-state index in [9.17, 15) is 4.39 Å². The van der Waals surface area contributed by atoms with Gasteiger partial charge in [-0.3, -0.25) is 0 Å². The lowest BCUT2D eigenvalue weighted by atomic mass is 9.94. The van der Waals surface area contributed by atoms with Gasteiger partial charge in [0, 0.05) is 8.80 Å². The van der Waals surface area contributed by atoms with Crippen molar-refractivity contribution in [2.24, 2.45) is 11.8 Å². The first-order valence-corrected chi connectivity index (χ1v) is 10.3. The van der Waals surface area contributed by atoms with Crippen LogP contribution >= 0.6 is 0 Å². The quantitative estimate of drug-likeness (QED) is 0.589. The molecule has 1 fully saturated rings. The van der Waals surface area contributed by atoms with Gasteiger partial charge in [-0.05, 0) is 42.4 Å². The fourth-order valence-electron chi connectivity index (χ4n) is 3.14. The summed E-state index contributed by atoms with van der Waals surface area (Å²) >= 11 is 0. The third-order valence-electron chi connectivity index (χ3n) is 4.64. The third kappa shape index (κ3) is 5.39. The minimum atomic E-state index is -0.121. The molecule has 0 aliphatic carbocycles. The van der Waals surface area contributed by atoms with Gasteiger partial charge >= 0.3 is 0 Å². The normalized spacial score (nSPS) is 17.8. The summed E-state index contributed by atoms with van der Waals surface area (Å²) in [6, 6.07) is 11.7. The van der Waals surface area contributed by atoms with Crippen molar-refractivity contribution in [3.63, 3.8) is 0 Å². The van der Waals surface area contributed by atoms with Crippen LogP contribution in [0.25, 0.3) is 0 Å². The van der Waals surface area contributed by atoms with Gasteiger partial charge in [0.25, 0.3) is 0 Å². The molecular formula is C18H28FSi. The van der Waals surface area contributed by atoms with Crippen LogP contribution in [0.5, 0.6) is 0 Å². The highest BCUT2D eigenvalue weighted by molar-refractivity contribution is 6.58. The summed E-state index contributed by atoms with van der Waals surface area (Å²) in [6.07, 6.45) is 6.76. The predicted octanol–water partition coefficient (Wildman–Crippen LogP) is 5.71. The molecule has 0 saturated carbocycles. The Hall–Kier alpha value is -0.633. The lowest BCUT2D eigenvalue weighted by Crippen LogP contribution is -2.22. The van der Waals surface area contributed by atoms with E-state index < -0.39 is 0 Å². The Morgan fingerprint density at radius 1 is 1.15 bits per heavy atom. The van der Waals surface area contributed by atoms with E-state index in [1.54, 1.807) is 12.1 Å². The number of aryl methyl sites for hydroxylation is 1. The molecule has 2 rings (SSSR count). The van der Waals surface area contributed by atoms with Crippen LogP contribution in [0.3, 0.4) is 0 Å². The Labute approximate surface area is 125 Å². The van der Waals surface area contributed by atoms with Crippen molar-refractivity contribution in [2.45, 2.75) is 64.1 Å². The van der Waals surface area contributed by atoms with Crippen LogP contribution in [0.15, 0.2) is 24.3 Å². The number of rotatable bonds is 6. The maximum atomic E-state index is 12.9. The Balaban J connectivity index is 1.65. The number of hydrogen-bond donors (Lipinski definition) is 0. The molecule has 0 N–H and O–H groups in total. The van der Waals surface area contributed by atoms with Gasteiger partial charge in [0.15, 0.2) is 0 Å². The summed E-state index contributed by atoms with van der Waals surface area (Å²) in [7, 11) is -0.0128. The zero-order valence-corrected chi connectivity index (χ0v) is 14.0. The number of halogens is 1. The van der Waals surface area contributed by atoms with Crippen molar-refractivity contribution in [2.75, 3.05) is 0 Å².